The third-order valence-electron chi connectivity index (χ3n) is 3.96. The van der Waals surface area contributed by atoms with Crippen molar-refractivity contribution in [2.24, 2.45) is 0 Å². The summed E-state index contributed by atoms with van der Waals surface area (Å²) in [7, 11) is 1.65. The Morgan fingerprint density at radius 1 is 1.15 bits per heavy atom. The smallest absolute Gasteiger partial charge is 0.251 e. The number of rotatable bonds is 8. The van der Waals surface area contributed by atoms with Gasteiger partial charge in [0.1, 0.15) is 16.5 Å². The van der Waals surface area contributed by atoms with E-state index in [-0.39, 0.29) is 5.91 Å². The van der Waals surface area contributed by atoms with E-state index < -0.39 is 0 Å². The van der Waals surface area contributed by atoms with Gasteiger partial charge in [-0.15, -0.1) is 11.3 Å². The van der Waals surface area contributed by atoms with Crippen LogP contribution >= 0.6 is 11.3 Å². The Balaban J connectivity index is 1.54. The molecule has 0 aliphatic heterocycles. The molecule has 1 N–H and O–H groups in total. The Morgan fingerprint density at radius 3 is 2.70 bits per heavy atom. The Hall–Kier alpha value is -2.86. The number of methoxy groups -OCH3 is 1. The van der Waals surface area contributed by atoms with Crippen LogP contribution in [0, 0.1) is 0 Å². The van der Waals surface area contributed by atoms with Gasteiger partial charge < -0.3 is 14.8 Å². The summed E-state index contributed by atoms with van der Waals surface area (Å²) in [5, 5.41) is 5.93. The highest BCUT2D eigenvalue weighted by atomic mass is 32.1. The average Bonchev–Trinajstić information content (AvgIpc) is 3.17. The van der Waals surface area contributed by atoms with E-state index in [2.05, 4.69) is 10.3 Å². The molecular formula is C21H22N2O3S. The van der Waals surface area contributed by atoms with Crippen LogP contribution in [0.25, 0.3) is 10.6 Å². The monoisotopic (exact) mass is 382 g/mol. The van der Waals surface area contributed by atoms with Crippen LogP contribution in [0.2, 0.25) is 0 Å². The van der Waals surface area contributed by atoms with Crippen LogP contribution in [0.5, 0.6) is 11.5 Å². The van der Waals surface area contributed by atoms with Gasteiger partial charge in [0.05, 0.1) is 19.4 Å². The molecule has 0 atom stereocenters. The molecular weight excluding hydrogens is 360 g/mol. The molecule has 5 nitrogen and oxygen atoms in total. The predicted octanol–water partition coefficient (Wildman–Crippen LogP) is 4.19. The van der Waals surface area contributed by atoms with Crippen LogP contribution in [0.4, 0.5) is 0 Å². The molecule has 1 amide bonds. The fourth-order valence-electron chi connectivity index (χ4n) is 2.59. The molecule has 140 valence electrons. The van der Waals surface area contributed by atoms with E-state index in [9.17, 15) is 4.79 Å². The van der Waals surface area contributed by atoms with E-state index in [1.807, 2.05) is 48.7 Å². The van der Waals surface area contributed by atoms with Gasteiger partial charge in [-0.2, -0.15) is 0 Å². The molecule has 2 aromatic carbocycles. The highest BCUT2D eigenvalue weighted by molar-refractivity contribution is 7.13. The number of amides is 1. The van der Waals surface area contributed by atoms with Crippen molar-refractivity contribution < 1.29 is 14.3 Å². The number of nitrogens with one attached hydrogen (secondary N) is 1. The minimum atomic E-state index is -0.109. The zero-order valence-corrected chi connectivity index (χ0v) is 16.2. The first-order chi connectivity index (χ1) is 13.2. The van der Waals surface area contributed by atoms with Gasteiger partial charge in [-0.25, -0.2) is 4.98 Å². The third-order valence-corrected chi connectivity index (χ3v) is 4.90. The first-order valence-corrected chi connectivity index (χ1v) is 9.67. The summed E-state index contributed by atoms with van der Waals surface area (Å²) >= 11 is 1.60. The SMILES string of the molecule is CCOc1cccc(C(=O)NCCc2csc(-c3ccc(OC)cc3)n2)c1. The van der Waals surface area contributed by atoms with Crippen molar-refractivity contribution in [3.8, 4) is 22.1 Å². The van der Waals surface area contributed by atoms with Crippen LogP contribution in [-0.4, -0.2) is 31.2 Å². The maximum absolute atomic E-state index is 12.3. The van der Waals surface area contributed by atoms with E-state index in [1.165, 1.54) is 0 Å². The van der Waals surface area contributed by atoms with Gasteiger partial charge in [-0.05, 0) is 49.4 Å². The third kappa shape index (κ3) is 5.08. The highest BCUT2D eigenvalue weighted by Crippen LogP contribution is 2.25. The number of thiazole rings is 1. The highest BCUT2D eigenvalue weighted by Gasteiger charge is 2.08. The molecule has 0 spiro atoms. The van der Waals surface area contributed by atoms with E-state index in [4.69, 9.17) is 9.47 Å². The van der Waals surface area contributed by atoms with E-state index in [0.29, 0.717) is 30.9 Å². The maximum atomic E-state index is 12.3. The number of carbonyl (C=O) groups is 1. The first-order valence-electron chi connectivity index (χ1n) is 8.79. The molecule has 0 aliphatic carbocycles. The largest absolute Gasteiger partial charge is 0.497 e. The molecule has 0 aliphatic rings. The lowest BCUT2D eigenvalue weighted by atomic mass is 10.2. The lowest BCUT2D eigenvalue weighted by Crippen LogP contribution is -2.25. The van der Waals surface area contributed by atoms with Crippen molar-refractivity contribution in [2.75, 3.05) is 20.3 Å². The molecule has 3 aromatic rings. The van der Waals surface area contributed by atoms with Gasteiger partial charge in [0.2, 0.25) is 0 Å². The fraction of sp³-hybridized carbons (Fsp3) is 0.238. The number of carbonyl (C=O) groups excluding carboxylic acids is 1. The Morgan fingerprint density at radius 2 is 1.96 bits per heavy atom. The summed E-state index contributed by atoms with van der Waals surface area (Å²) in [5.41, 5.74) is 2.62. The van der Waals surface area contributed by atoms with Gasteiger partial charge in [0, 0.05) is 29.5 Å². The summed E-state index contributed by atoms with van der Waals surface area (Å²) < 4.78 is 10.6. The standard InChI is InChI=1S/C21H22N2O3S/c1-3-26-19-6-4-5-16(13-19)20(24)22-12-11-17-14-27-21(23-17)15-7-9-18(25-2)10-8-15/h4-10,13-14H,3,11-12H2,1-2H3,(H,22,24). The second-order valence-corrected chi connectivity index (χ2v) is 6.70. The summed E-state index contributed by atoms with van der Waals surface area (Å²) in [4.78, 5) is 16.9. The molecule has 0 fully saturated rings. The van der Waals surface area contributed by atoms with E-state index >= 15 is 0 Å². The summed E-state index contributed by atoms with van der Waals surface area (Å²) in [5.74, 6) is 1.42. The van der Waals surface area contributed by atoms with Gasteiger partial charge in [-0.1, -0.05) is 6.07 Å². The van der Waals surface area contributed by atoms with Crippen molar-refractivity contribution >= 4 is 17.2 Å². The number of ether oxygens (including phenoxy) is 2. The molecule has 0 saturated heterocycles. The first kappa shape index (κ1) is 18.9. The van der Waals surface area contributed by atoms with E-state index in [1.54, 1.807) is 30.6 Å². The minimum Gasteiger partial charge on any atom is -0.497 e. The Kier molecular flexibility index (Phi) is 6.44. The van der Waals surface area contributed by atoms with Crippen molar-refractivity contribution in [1.29, 1.82) is 0 Å². The molecule has 0 bridgehead atoms. The van der Waals surface area contributed by atoms with Crippen LogP contribution in [0.15, 0.2) is 53.9 Å². The Bertz CT molecular complexity index is 890. The number of aromatic nitrogens is 1. The molecule has 0 radical (unpaired) electrons. The topological polar surface area (TPSA) is 60.5 Å². The number of hydrogen-bond donors (Lipinski definition) is 1. The second kappa shape index (κ2) is 9.19. The van der Waals surface area contributed by atoms with Crippen LogP contribution in [0.3, 0.4) is 0 Å². The van der Waals surface area contributed by atoms with Gasteiger partial charge in [0.15, 0.2) is 0 Å². The van der Waals surface area contributed by atoms with Gasteiger partial charge in [0.25, 0.3) is 5.91 Å². The Labute approximate surface area is 163 Å². The average molecular weight is 382 g/mol. The summed E-state index contributed by atoms with van der Waals surface area (Å²) in [6, 6.07) is 15.0. The zero-order chi connectivity index (χ0) is 19.1. The van der Waals surface area contributed by atoms with Crippen LogP contribution < -0.4 is 14.8 Å². The van der Waals surface area contributed by atoms with Gasteiger partial charge >= 0.3 is 0 Å². The molecule has 1 heterocycles. The van der Waals surface area contributed by atoms with Crippen molar-refractivity contribution in [1.82, 2.24) is 10.3 Å². The molecule has 6 heteroatoms. The number of benzene rings is 2. The normalized spacial score (nSPS) is 10.4. The minimum absolute atomic E-state index is 0.109. The van der Waals surface area contributed by atoms with Crippen LogP contribution in [0.1, 0.15) is 23.0 Å². The molecule has 1 aromatic heterocycles. The molecule has 27 heavy (non-hydrogen) atoms. The lowest BCUT2D eigenvalue weighted by Gasteiger charge is -2.07. The zero-order valence-electron chi connectivity index (χ0n) is 15.4. The van der Waals surface area contributed by atoms with Crippen LogP contribution in [-0.2, 0) is 6.42 Å². The quantitative estimate of drug-likeness (QED) is 0.635. The number of nitrogens with zero attached hydrogens (tertiary/aromatic N) is 1. The van der Waals surface area contributed by atoms with E-state index in [0.717, 1.165) is 22.0 Å². The van der Waals surface area contributed by atoms with Crippen molar-refractivity contribution in [2.45, 2.75) is 13.3 Å². The lowest BCUT2D eigenvalue weighted by molar-refractivity contribution is 0.0953. The molecule has 0 saturated carbocycles. The molecule has 3 rings (SSSR count). The predicted molar refractivity (Wildman–Crippen MR) is 108 cm³/mol. The van der Waals surface area contributed by atoms with Crippen molar-refractivity contribution in [3.63, 3.8) is 0 Å². The summed E-state index contributed by atoms with van der Waals surface area (Å²) in [6.45, 7) is 3.02. The maximum Gasteiger partial charge on any atom is 0.251 e. The second-order valence-electron chi connectivity index (χ2n) is 5.84. The van der Waals surface area contributed by atoms with Crippen molar-refractivity contribution in [3.05, 3.63) is 65.2 Å². The molecule has 0 unspecified atom stereocenters. The number of hydrogen-bond acceptors (Lipinski definition) is 5. The fourth-order valence-corrected chi connectivity index (χ4v) is 3.45. The van der Waals surface area contributed by atoms with Gasteiger partial charge in [-0.3, -0.25) is 4.79 Å². The summed E-state index contributed by atoms with van der Waals surface area (Å²) in [6.07, 6.45) is 0.684.